The first-order valence-electron chi connectivity index (χ1n) is 5.95. The second-order valence-corrected chi connectivity index (χ2v) is 3.92. The third kappa shape index (κ3) is 7.30. The zero-order valence-corrected chi connectivity index (χ0v) is 10.1. The van der Waals surface area contributed by atoms with E-state index in [1.54, 1.807) is 0 Å². The molecule has 0 fully saturated rings. The van der Waals surface area contributed by atoms with Gasteiger partial charge in [0.25, 0.3) is 0 Å². The second kappa shape index (κ2) is 9.44. The molecule has 0 heterocycles. The third-order valence-electron chi connectivity index (χ3n) is 2.45. The minimum absolute atomic E-state index is 0.558. The number of nitrogens with two attached hydrogens (primary N) is 1. The summed E-state index contributed by atoms with van der Waals surface area (Å²) in [5.74, 6) is 0. The normalized spacial score (nSPS) is 13.5. The minimum atomic E-state index is 0.558. The van der Waals surface area contributed by atoms with Crippen LogP contribution >= 0.6 is 0 Å². The first kappa shape index (κ1) is 13.9. The van der Waals surface area contributed by atoms with E-state index in [4.69, 9.17) is 5.73 Å². The molecule has 86 valence electrons. The van der Waals surface area contributed by atoms with Crippen molar-refractivity contribution in [2.45, 2.75) is 52.5 Å². The van der Waals surface area contributed by atoms with E-state index in [9.17, 15) is 0 Å². The van der Waals surface area contributed by atoms with Crippen molar-refractivity contribution < 1.29 is 0 Å². The van der Waals surface area contributed by atoms with Crippen LogP contribution in [-0.2, 0) is 0 Å². The number of unbranched alkanes of at least 4 members (excludes halogenated alkanes) is 2. The Morgan fingerprint density at radius 2 is 1.93 bits per heavy atom. The number of hydrogen-bond donors (Lipinski definition) is 2. The molecular weight excluding hydrogens is 174 g/mol. The fourth-order valence-corrected chi connectivity index (χ4v) is 1.35. The highest BCUT2D eigenvalue weighted by atomic mass is 15.5. The van der Waals surface area contributed by atoms with Gasteiger partial charge < -0.3 is 5.73 Å². The Hall–Kier alpha value is -0.120. The maximum absolute atomic E-state index is 5.57. The smallest absolute Gasteiger partial charge is 0.0254 e. The Morgan fingerprint density at radius 1 is 1.21 bits per heavy atom. The van der Waals surface area contributed by atoms with Gasteiger partial charge in [0.2, 0.25) is 0 Å². The number of nitrogens with zero attached hydrogens (tertiary/aromatic N) is 1. The lowest BCUT2D eigenvalue weighted by molar-refractivity contribution is 0.161. The molecule has 0 rings (SSSR count). The maximum atomic E-state index is 5.57. The average molecular weight is 201 g/mol. The molecule has 3 heteroatoms. The average Bonchev–Trinajstić information content (AvgIpc) is 2.18. The molecule has 3 nitrogen and oxygen atoms in total. The number of rotatable bonds is 9. The molecule has 0 spiro atoms. The highest BCUT2D eigenvalue weighted by Gasteiger charge is 2.05. The molecule has 1 unspecified atom stereocenters. The van der Waals surface area contributed by atoms with Crippen molar-refractivity contribution in [3.8, 4) is 0 Å². The van der Waals surface area contributed by atoms with Gasteiger partial charge >= 0.3 is 0 Å². The molecule has 0 aliphatic heterocycles. The third-order valence-corrected chi connectivity index (χ3v) is 2.45. The van der Waals surface area contributed by atoms with Crippen LogP contribution in [0.4, 0.5) is 0 Å². The lowest BCUT2D eigenvalue weighted by atomic mass is 10.2. The summed E-state index contributed by atoms with van der Waals surface area (Å²) in [6, 6.07) is 0.558. The molecule has 0 aliphatic rings. The van der Waals surface area contributed by atoms with Crippen molar-refractivity contribution in [3.05, 3.63) is 0 Å². The summed E-state index contributed by atoms with van der Waals surface area (Å²) in [5.41, 5.74) is 9.05. The van der Waals surface area contributed by atoms with Crippen molar-refractivity contribution >= 4 is 0 Å². The van der Waals surface area contributed by atoms with Crippen molar-refractivity contribution in [3.63, 3.8) is 0 Å². The van der Waals surface area contributed by atoms with Crippen LogP contribution < -0.4 is 11.2 Å². The zero-order valence-electron chi connectivity index (χ0n) is 10.1. The van der Waals surface area contributed by atoms with E-state index in [1.165, 1.54) is 19.3 Å². The molecule has 0 radical (unpaired) electrons. The van der Waals surface area contributed by atoms with E-state index in [2.05, 4.69) is 31.2 Å². The van der Waals surface area contributed by atoms with E-state index in [0.717, 1.165) is 26.1 Å². The molecular formula is C11H27N3. The predicted molar refractivity (Wildman–Crippen MR) is 63.0 cm³/mol. The van der Waals surface area contributed by atoms with Gasteiger partial charge in [0, 0.05) is 25.7 Å². The first-order chi connectivity index (χ1) is 6.74. The highest BCUT2D eigenvalue weighted by Crippen LogP contribution is 1.98. The summed E-state index contributed by atoms with van der Waals surface area (Å²) in [5, 5.41) is 2.27. The maximum Gasteiger partial charge on any atom is 0.0254 e. The Kier molecular flexibility index (Phi) is 9.35. The molecule has 0 bridgehead atoms. The van der Waals surface area contributed by atoms with Crippen LogP contribution in [0.5, 0.6) is 0 Å². The SMILES string of the molecule is CCCCCN(CCN)NC(C)CC. The van der Waals surface area contributed by atoms with Gasteiger partial charge in [-0.2, -0.15) is 0 Å². The lowest BCUT2D eigenvalue weighted by Gasteiger charge is -2.26. The molecule has 0 amide bonds. The van der Waals surface area contributed by atoms with Crippen molar-refractivity contribution in [1.82, 2.24) is 10.4 Å². The van der Waals surface area contributed by atoms with Gasteiger partial charge in [-0.15, -0.1) is 0 Å². The van der Waals surface area contributed by atoms with E-state index in [1.807, 2.05) is 0 Å². The summed E-state index contributed by atoms with van der Waals surface area (Å²) in [6.45, 7) is 9.45. The lowest BCUT2D eigenvalue weighted by Crippen LogP contribution is -2.46. The highest BCUT2D eigenvalue weighted by molar-refractivity contribution is 4.59. The summed E-state index contributed by atoms with van der Waals surface area (Å²) in [6.07, 6.45) is 5.01. The standard InChI is InChI=1S/C11H27N3/c1-4-6-7-9-14(10-8-12)13-11(3)5-2/h11,13H,4-10,12H2,1-3H3. The van der Waals surface area contributed by atoms with E-state index < -0.39 is 0 Å². The summed E-state index contributed by atoms with van der Waals surface area (Å²) >= 11 is 0. The Morgan fingerprint density at radius 3 is 2.43 bits per heavy atom. The van der Waals surface area contributed by atoms with Crippen LogP contribution in [0.2, 0.25) is 0 Å². The van der Waals surface area contributed by atoms with Gasteiger partial charge in [0.1, 0.15) is 0 Å². The fraction of sp³-hybridized carbons (Fsp3) is 1.00. The molecule has 0 aromatic heterocycles. The van der Waals surface area contributed by atoms with Crippen LogP contribution in [0.3, 0.4) is 0 Å². The van der Waals surface area contributed by atoms with Crippen LogP contribution in [0, 0.1) is 0 Å². The van der Waals surface area contributed by atoms with Crippen molar-refractivity contribution in [2.24, 2.45) is 5.73 Å². The molecule has 3 N–H and O–H groups in total. The van der Waals surface area contributed by atoms with Gasteiger partial charge in [0.05, 0.1) is 0 Å². The van der Waals surface area contributed by atoms with Gasteiger partial charge in [-0.05, 0) is 19.8 Å². The first-order valence-corrected chi connectivity index (χ1v) is 5.95. The summed E-state index contributed by atoms with van der Waals surface area (Å²) < 4.78 is 0. The van der Waals surface area contributed by atoms with E-state index in [0.29, 0.717) is 6.04 Å². The fourth-order valence-electron chi connectivity index (χ4n) is 1.35. The quantitative estimate of drug-likeness (QED) is 0.441. The number of hydrazine groups is 1. The number of hydrogen-bond acceptors (Lipinski definition) is 3. The zero-order chi connectivity index (χ0) is 10.8. The largest absolute Gasteiger partial charge is 0.329 e. The van der Waals surface area contributed by atoms with Crippen LogP contribution in [-0.4, -0.2) is 30.7 Å². The van der Waals surface area contributed by atoms with Crippen LogP contribution in [0.25, 0.3) is 0 Å². The van der Waals surface area contributed by atoms with Gasteiger partial charge in [-0.25, -0.2) is 5.01 Å². The number of nitrogens with one attached hydrogen (secondary N) is 1. The van der Waals surface area contributed by atoms with Crippen molar-refractivity contribution in [1.29, 1.82) is 0 Å². The monoisotopic (exact) mass is 201 g/mol. The summed E-state index contributed by atoms with van der Waals surface area (Å²) in [7, 11) is 0. The minimum Gasteiger partial charge on any atom is -0.329 e. The molecule has 0 aliphatic carbocycles. The van der Waals surface area contributed by atoms with Gasteiger partial charge in [-0.1, -0.05) is 26.7 Å². The molecule has 14 heavy (non-hydrogen) atoms. The molecule has 0 saturated carbocycles. The second-order valence-electron chi connectivity index (χ2n) is 3.92. The Bertz CT molecular complexity index is 117. The molecule has 0 aromatic rings. The van der Waals surface area contributed by atoms with E-state index in [-0.39, 0.29) is 0 Å². The predicted octanol–water partition coefficient (Wildman–Crippen LogP) is 1.74. The Balaban J connectivity index is 3.65. The molecule has 0 saturated heterocycles. The topological polar surface area (TPSA) is 41.3 Å². The van der Waals surface area contributed by atoms with Gasteiger partial charge in [0.15, 0.2) is 0 Å². The van der Waals surface area contributed by atoms with Crippen molar-refractivity contribution in [2.75, 3.05) is 19.6 Å². The summed E-state index contributed by atoms with van der Waals surface area (Å²) in [4.78, 5) is 0. The molecule has 0 aromatic carbocycles. The Labute approximate surface area is 89.0 Å². The van der Waals surface area contributed by atoms with E-state index >= 15 is 0 Å². The van der Waals surface area contributed by atoms with Crippen LogP contribution in [0.1, 0.15) is 46.5 Å². The van der Waals surface area contributed by atoms with Gasteiger partial charge in [-0.3, -0.25) is 5.43 Å². The molecule has 1 atom stereocenters. The van der Waals surface area contributed by atoms with Crippen LogP contribution in [0.15, 0.2) is 0 Å².